The monoisotopic (exact) mass is 290 g/mol. The molecule has 1 unspecified atom stereocenters. The van der Waals surface area contributed by atoms with Gasteiger partial charge in [-0.2, -0.15) is 0 Å². The lowest BCUT2D eigenvalue weighted by atomic mass is 10.1. The summed E-state index contributed by atoms with van der Waals surface area (Å²) >= 11 is 0. The molecular weight excluding hydrogens is 268 g/mol. The Morgan fingerprint density at radius 3 is 2.86 bits per heavy atom. The van der Waals surface area contributed by atoms with Crippen LogP contribution in [0.3, 0.4) is 0 Å². The maximum Gasteiger partial charge on any atom is 0.224 e. The van der Waals surface area contributed by atoms with Gasteiger partial charge in [-0.3, -0.25) is 4.79 Å². The van der Waals surface area contributed by atoms with Gasteiger partial charge in [0, 0.05) is 23.6 Å². The SMILES string of the molecule is COc1ccc2[nH]cc(CC(=O)NCC(O)C(C)C)c2c1. The molecule has 0 radical (unpaired) electrons. The Morgan fingerprint density at radius 1 is 1.43 bits per heavy atom. The second-order valence-corrected chi connectivity index (χ2v) is 5.52. The van der Waals surface area contributed by atoms with E-state index in [1.54, 1.807) is 7.11 Å². The Balaban J connectivity index is 2.04. The van der Waals surface area contributed by atoms with Crippen LogP contribution in [0, 0.1) is 5.92 Å². The second-order valence-electron chi connectivity index (χ2n) is 5.52. The summed E-state index contributed by atoms with van der Waals surface area (Å²) in [6.07, 6.45) is 1.59. The van der Waals surface area contributed by atoms with Crippen molar-refractivity contribution in [1.29, 1.82) is 0 Å². The van der Waals surface area contributed by atoms with E-state index in [4.69, 9.17) is 4.74 Å². The van der Waals surface area contributed by atoms with Crippen molar-refractivity contribution in [2.24, 2.45) is 5.92 Å². The van der Waals surface area contributed by atoms with Gasteiger partial charge in [0.05, 0.1) is 19.6 Å². The molecular formula is C16H22N2O3. The van der Waals surface area contributed by atoms with Crippen molar-refractivity contribution >= 4 is 16.8 Å². The molecule has 1 amide bonds. The van der Waals surface area contributed by atoms with Crippen LogP contribution >= 0.6 is 0 Å². The maximum absolute atomic E-state index is 12.0. The first-order valence-electron chi connectivity index (χ1n) is 7.10. The molecule has 1 aromatic heterocycles. The number of carbonyl (C=O) groups is 1. The summed E-state index contributed by atoms with van der Waals surface area (Å²) in [6.45, 7) is 4.12. The van der Waals surface area contributed by atoms with E-state index in [2.05, 4.69) is 10.3 Å². The van der Waals surface area contributed by atoms with Gasteiger partial charge >= 0.3 is 0 Å². The van der Waals surface area contributed by atoms with Gasteiger partial charge in [-0.1, -0.05) is 13.8 Å². The van der Waals surface area contributed by atoms with Gasteiger partial charge in [0.25, 0.3) is 0 Å². The number of hydrogen-bond donors (Lipinski definition) is 3. The zero-order valence-electron chi connectivity index (χ0n) is 12.6. The molecule has 1 heterocycles. The van der Waals surface area contributed by atoms with Gasteiger partial charge in [-0.05, 0) is 29.7 Å². The van der Waals surface area contributed by atoms with Gasteiger partial charge in [0.2, 0.25) is 5.91 Å². The molecule has 3 N–H and O–H groups in total. The van der Waals surface area contributed by atoms with E-state index in [1.165, 1.54) is 0 Å². The standard InChI is InChI=1S/C16H22N2O3/c1-10(2)15(19)9-18-16(20)6-11-8-17-14-5-4-12(21-3)7-13(11)14/h4-5,7-8,10,15,17,19H,6,9H2,1-3H3,(H,18,20). The summed E-state index contributed by atoms with van der Waals surface area (Å²) in [5.74, 6) is 0.792. The minimum Gasteiger partial charge on any atom is -0.497 e. The zero-order valence-corrected chi connectivity index (χ0v) is 12.6. The van der Waals surface area contributed by atoms with Crippen molar-refractivity contribution in [3.63, 3.8) is 0 Å². The summed E-state index contributed by atoms with van der Waals surface area (Å²) in [4.78, 5) is 15.1. The lowest BCUT2D eigenvalue weighted by Crippen LogP contribution is -2.35. The number of benzene rings is 1. The van der Waals surface area contributed by atoms with Gasteiger partial charge in [0.15, 0.2) is 0 Å². The number of aliphatic hydroxyl groups is 1. The highest BCUT2D eigenvalue weighted by Crippen LogP contribution is 2.23. The molecule has 2 aromatic rings. The van der Waals surface area contributed by atoms with Crippen LogP contribution in [0.1, 0.15) is 19.4 Å². The predicted octanol–water partition coefficient (Wildman–Crippen LogP) is 1.85. The summed E-state index contributed by atoms with van der Waals surface area (Å²) in [5, 5.41) is 13.4. The van der Waals surface area contributed by atoms with Crippen molar-refractivity contribution < 1.29 is 14.6 Å². The van der Waals surface area contributed by atoms with E-state index in [0.29, 0.717) is 0 Å². The smallest absolute Gasteiger partial charge is 0.224 e. The van der Waals surface area contributed by atoms with E-state index < -0.39 is 6.10 Å². The van der Waals surface area contributed by atoms with Crippen molar-refractivity contribution in [3.05, 3.63) is 30.0 Å². The van der Waals surface area contributed by atoms with E-state index in [0.717, 1.165) is 22.2 Å². The largest absolute Gasteiger partial charge is 0.497 e. The molecule has 2 rings (SSSR count). The molecule has 1 aromatic carbocycles. The van der Waals surface area contributed by atoms with Crippen molar-refractivity contribution in [1.82, 2.24) is 10.3 Å². The van der Waals surface area contributed by atoms with E-state index >= 15 is 0 Å². The highest BCUT2D eigenvalue weighted by Gasteiger charge is 2.13. The van der Waals surface area contributed by atoms with Crippen LogP contribution in [0.25, 0.3) is 10.9 Å². The van der Waals surface area contributed by atoms with Crippen LogP contribution in [0.2, 0.25) is 0 Å². The number of rotatable bonds is 6. The number of aromatic amines is 1. The van der Waals surface area contributed by atoms with Crippen LogP contribution in [0.15, 0.2) is 24.4 Å². The number of aromatic nitrogens is 1. The number of carbonyl (C=O) groups excluding carboxylic acids is 1. The summed E-state index contributed by atoms with van der Waals surface area (Å²) in [6, 6.07) is 5.72. The van der Waals surface area contributed by atoms with Crippen LogP contribution < -0.4 is 10.1 Å². The second kappa shape index (κ2) is 6.63. The fourth-order valence-electron chi connectivity index (χ4n) is 2.12. The Hall–Kier alpha value is -2.01. The number of methoxy groups -OCH3 is 1. The molecule has 5 heteroatoms. The third-order valence-electron chi connectivity index (χ3n) is 3.60. The fourth-order valence-corrected chi connectivity index (χ4v) is 2.12. The number of fused-ring (bicyclic) bond motifs is 1. The lowest BCUT2D eigenvalue weighted by molar-refractivity contribution is -0.121. The molecule has 0 aliphatic rings. The number of hydrogen-bond acceptors (Lipinski definition) is 3. The Kier molecular flexibility index (Phi) is 4.85. The third kappa shape index (κ3) is 3.76. The minimum atomic E-state index is -0.517. The lowest BCUT2D eigenvalue weighted by Gasteiger charge is -2.14. The zero-order chi connectivity index (χ0) is 15.4. The van der Waals surface area contributed by atoms with E-state index in [1.807, 2.05) is 38.2 Å². The molecule has 1 atom stereocenters. The molecule has 114 valence electrons. The van der Waals surface area contributed by atoms with Crippen molar-refractivity contribution in [2.75, 3.05) is 13.7 Å². The van der Waals surface area contributed by atoms with Crippen molar-refractivity contribution in [3.8, 4) is 5.75 Å². The summed E-state index contributed by atoms with van der Waals surface area (Å²) in [7, 11) is 1.62. The van der Waals surface area contributed by atoms with Crippen LogP contribution in [-0.2, 0) is 11.2 Å². The van der Waals surface area contributed by atoms with Gasteiger partial charge < -0.3 is 20.1 Å². The molecule has 0 aliphatic carbocycles. The molecule has 0 saturated carbocycles. The van der Waals surface area contributed by atoms with Gasteiger partial charge in [0.1, 0.15) is 5.75 Å². The normalized spacial score (nSPS) is 12.6. The topological polar surface area (TPSA) is 74.4 Å². The van der Waals surface area contributed by atoms with Crippen LogP contribution in [-0.4, -0.2) is 35.8 Å². The number of H-pyrrole nitrogens is 1. The Labute approximate surface area is 124 Å². The Bertz CT molecular complexity index is 619. The quantitative estimate of drug-likeness (QED) is 0.760. The van der Waals surface area contributed by atoms with Crippen LogP contribution in [0.5, 0.6) is 5.75 Å². The molecule has 5 nitrogen and oxygen atoms in total. The van der Waals surface area contributed by atoms with Gasteiger partial charge in [-0.15, -0.1) is 0 Å². The summed E-state index contributed by atoms with van der Waals surface area (Å²) in [5.41, 5.74) is 1.89. The van der Waals surface area contributed by atoms with E-state index in [-0.39, 0.29) is 24.8 Å². The number of aliphatic hydroxyl groups excluding tert-OH is 1. The average molecular weight is 290 g/mol. The molecule has 0 bridgehead atoms. The molecule has 0 fully saturated rings. The molecule has 21 heavy (non-hydrogen) atoms. The predicted molar refractivity (Wildman–Crippen MR) is 82.4 cm³/mol. The highest BCUT2D eigenvalue weighted by atomic mass is 16.5. The first-order valence-corrected chi connectivity index (χ1v) is 7.10. The minimum absolute atomic E-state index is 0.0987. The Morgan fingerprint density at radius 2 is 2.19 bits per heavy atom. The molecule has 0 aliphatic heterocycles. The average Bonchev–Trinajstić information content (AvgIpc) is 2.86. The highest BCUT2D eigenvalue weighted by molar-refractivity contribution is 5.89. The first-order chi connectivity index (χ1) is 10.0. The number of amides is 1. The van der Waals surface area contributed by atoms with E-state index in [9.17, 15) is 9.90 Å². The van der Waals surface area contributed by atoms with Crippen LogP contribution in [0.4, 0.5) is 0 Å². The van der Waals surface area contributed by atoms with Crippen molar-refractivity contribution in [2.45, 2.75) is 26.4 Å². The third-order valence-corrected chi connectivity index (χ3v) is 3.60. The summed E-state index contributed by atoms with van der Waals surface area (Å²) < 4.78 is 5.21. The number of nitrogens with one attached hydrogen (secondary N) is 2. The maximum atomic E-state index is 12.0. The fraction of sp³-hybridized carbons (Fsp3) is 0.438. The molecule has 0 spiro atoms. The molecule has 0 saturated heterocycles. The van der Waals surface area contributed by atoms with Gasteiger partial charge in [-0.25, -0.2) is 0 Å². The first kappa shape index (κ1) is 15.4. The number of ether oxygens (including phenoxy) is 1.